The van der Waals surface area contributed by atoms with Crippen LogP contribution >= 0.6 is 0 Å². The topological polar surface area (TPSA) is 39.7 Å². The lowest BCUT2D eigenvalue weighted by Gasteiger charge is -2.40. The van der Waals surface area contributed by atoms with Gasteiger partial charge in [0.15, 0.2) is 5.96 Å². The Bertz CT molecular complexity index is 322. The minimum atomic E-state index is 0.110. The fraction of sp³-hybridized carbons (Fsp3) is 0.800. The Kier molecular flexibility index (Phi) is 6.72. The van der Waals surface area contributed by atoms with E-state index in [9.17, 15) is 0 Å². The van der Waals surface area contributed by atoms with Crippen LogP contribution in [0.1, 0.15) is 40.0 Å². The molecule has 0 amide bonds. The minimum Gasteiger partial charge on any atom is -0.357 e. The zero-order valence-corrected chi connectivity index (χ0v) is 12.6. The maximum atomic E-state index is 5.27. The van der Waals surface area contributed by atoms with Crippen molar-refractivity contribution in [2.75, 3.05) is 32.7 Å². The first-order chi connectivity index (χ1) is 9.10. The summed E-state index contributed by atoms with van der Waals surface area (Å²) in [6.45, 7) is 11.1. The average molecular weight is 264 g/mol. The molecular formula is C15H28N4. The lowest BCUT2D eigenvalue weighted by Crippen LogP contribution is -2.49. The second-order valence-corrected chi connectivity index (χ2v) is 5.61. The molecule has 1 rings (SSSR count). The van der Waals surface area contributed by atoms with Crippen molar-refractivity contribution in [3.8, 4) is 12.3 Å². The SMILES string of the molecule is C#CCNC(=NCC(C)(C)N1CCCCC1)NCC. The Morgan fingerprint density at radius 1 is 1.26 bits per heavy atom. The number of piperidine rings is 1. The van der Waals surface area contributed by atoms with Gasteiger partial charge < -0.3 is 10.6 Å². The third-order valence-corrected chi connectivity index (χ3v) is 3.54. The molecule has 1 heterocycles. The number of nitrogens with zero attached hydrogens (tertiary/aromatic N) is 2. The monoisotopic (exact) mass is 264 g/mol. The molecule has 1 aliphatic heterocycles. The van der Waals surface area contributed by atoms with Gasteiger partial charge in [0.1, 0.15) is 0 Å². The Hall–Kier alpha value is -1.21. The van der Waals surface area contributed by atoms with E-state index >= 15 is 0 Å². The first kappa shape index (κ1) is 15.8. The summed E-state index contributed by atoms with van der Waals surface area (Å²) in [5.74, 6) is 3.39. The van der Waals surface area contributed by atoms with Gasteiger partial charge in [0.05, 0.1) is 13.1 Å². The molecule has 0 atom stereocenters. The molecule has 2 N–H and O–H groups in total. The fourth-order valence-electron chi connectivity index (χ4n) is 2.35. The van der Waals surface area contributed by atoms with Crippen LogP contribution in [0.4, 0.5) is 0 Å². The van der Waals surface area contributed by atoms with Crippen LogP contribution in [0.15, 0.2) is 4.99 Å². The molecule has 0 aromatic carbocycles. The van der Waals surface area contributed by atoms with E-state index in [0.717, 1.165) is 19.0 Å². The van der Waals surface area contributed by atoms with Crippen molar-refractivity contribution in [3.63, 3.8) is 0 Å². The van der Waals surface area contributed by atoms with Crippen LogP contribution in [0.3, 0.4) is 0 Å². The maximum absolute atomic E-state index is 5.27. The first-order valence-electron chi connectivity index (χ1n) is 7.31. The van der Waals surface area contributed by atoms with Crippen molar-refractivity contribution in [3.05, 3.63) is 0 Å². The second kappa shape index (κ2) is 8.06. The predicted octanol–water partition coefficient (Wildman–Crippen LogP) is 1.44. The van der Waals surface area contributed by atoms with Crippen LogP contribution in [0.2, 0.25) is 0 Å². The van der Waals surface area contributed by atoms with Gasteiger partial charge in [-0.1, -0.05) is 12.3 Å². The Morgan fingerprint density at radius 2 is 1.95 bits per heavy atom. The molecular weight excluding hydrogens is 236 g/mol. The summed E-state index contributed by atoms with van der Waals surface area (Å²) in [4.78, 5) is 7.20. The largest absolute Gasteiger partial charge is 0.357 e. The molecule has 4 nitrogen and oxygen atoms in total. The quantitative estimate of drug-likeness (QED) is 0.448. The van der Waals surface area contributed by atoms with Crippen LogP contribution in [0, 0.1) is 12.3 Å². The summed E-state index contributed by atoms with van der Waals surface area (Å²) >= 11 is 0. The molecule has 0 aliphatic carbocycles. The predicted molar refractivity (Wildman–Crippen MR) is 82.3 cm³/mol. The van der Waals surface area contributed by atoms with E-state index in [-0.39, 0.29) is 5.54 Å². The van der Waals surface area contributed by atoms with E-state index in [4.69, 9.17) is 6.42 Å². The molecule has 1 saturated heterocycles. The van der Waals surface area contributed by atoms with E-state index in [2.05, 4.69) is 47.2 Å². The highest BCUT2D eigenvalue weighted by molar-refractivity contribution is 5.80. The smallest absolute Gasteiger partial charge is 0.192 e. The average Bonchev–Trinajstić information content (AvgIpc) is 2.43. The zero-order valence-electron chi connectivity index (χ0n) is 12.6. The Morgan fingerprint density at radius 3 is 2.53 bits per heavy atom. The molecule has 0 unspecified atom stereocenters. The molecule has 0 spiro atoms. The van der Waals surface area contributed by atoms with Crippen molar-refractivity contribution >= 4 is 5.96 Å². The van der Waals surface area contributed by atoms with Crippen LogP contribution in [0.25, 0.3) is 0 Å². The van der Waals surface area contributed by atoms with Gasteiger partial charge in [0, 0.05) is 12.1 Å². The summed E-state index contributed by atoms with van der Waals surface area (Å²) in [6, 6.07) is 0. The van der Waals surface area contributed by atoms with Gasteiger partial charge >= 0.3 is 0 Å². The van der Waals surface area contributed by atoms with Gasteiger partial charge in [-0.05, 0) is 46.7 Å². The molecule has 1 fully saturated rings. The minimum absolute atomic E-state index is 0.110. The molecule has 0 aromatic heterocycles. The molecule has 1 aliphatic rings. The molecule has 4 heteroatoms. The number of likely N-dealkylation sites (tertiary alicyclic amines) is 1. The lowest BCUT2D eigenvalue weighted by molar-refractivity contribution is 0.102. The van der Waals surface area contributed by atoms with Crippen molar-refractivity contribution in [2.24, 2.45) is 4.99 Å². The maximum Gasteiger partial charge on any atom is 0.192 e. The third kappa shape index (κ3) is 5.52. The van der Waals surface area contributed by atoms with Crippen LogP contribution < -0.4 is 10.6 Å². The van der Waals surface area contributed by atoms with Gasteiger partial charge in [-0.3, -0.25) is 9.89 Å². The highest BCUT2D eigenvalue weighted by Crippen LogP contribution is 2.20. The van der Waals surface area contributed by atoms with Gasteiger partial charge in [0.2, 0.25) is 0 Å². The van der Waals surface area contributed by atoms with Crippen LogP contribution in [-0.2, 0) is 0 Å². The van der Waals surface area contributed by atoms with Crippen LogP contribution in [-0.4, -0.2) is 49.1 Å². The zero-order chi connectivity index (χ0) is 14.1. The lowest BCUT2D eigenvalue weighted by atomic mass is 9.99. The normalized spacial score (nSPS) is 17.9. The number of terminal acetylenes is 1. The highest BCUT2D eigenvalue weighted by Gasteiger charge is 2.27. The van der Waals surface area contributed by atoms with Gasteiger partial charge in [-0.2, -0.15) is 0 Å². The van der Waals surface area contributed by atoms with E-state index in [1.165, 1.54) is 32.4 Å². The molecule has 0 bridgehead atoms. The number of hydrogen-bond acceptors (Lipinski definition) is 2. The fourth-order valence-corrected chi connectivity index (χ4v) is 2.35. The van der Waals surface area contributed by atoms with Crippen molar-refractivity contribution in [1.29, 1.82) is 0 Å². The van der Waals surface area contributed by atoms with Gasteiger partial charge in [-0.25, -0.2) is 0 Å². The van der Waals surface area contributed by atoms with E-state index in [1.54, 1.807) is 0 Å². The highest BCUT2D eigenvalue weighted by atomic mass is 15.2. The molecule has 108 valence electrons. The number of rotatable bonds is 5. The summed E-state index contributed by atoms with van der Waals surface area (Å²) in [5.41, 5.74) is 0.110. The van der Waals surface area contributed by atoms with E-state index in [0.29, 0.717) is 6.54 Å². The van der Waals surface area contributed by atoms with Gasteiger partial charge in [0.25, 0.3) is 0 Å². The number of nitrogens with one attached hydrogen (secondary N) is 2. The number of hydrogen-bond donors (Lipinski definition) is 2. The third-order valence-electron chi connectivity index (χ3n) is 3.54. The summed E-state index contributed by atoms with van der Waals surface area (Å²) < 4.78 is 0. The van der Waals surface area contributed by atoms with Crippen molar-refractivity contribution in [2.45, 2.75) is 45.6 Å². The number of aliphatic imine (C=N–C) groups is 1. The molecule has 0 radical (unpaired) electrons. The summed E-state index contributed by atoms with van der Waals surface area (Å²) in [7, 11) is 0. The standard InChI is InChI=1S/C15H28N4/c1-5-10-17-14(16-6-2)18-13-15(3,4)19-11-8-7-9-12-19/h1H,6-13H2,2-4H3,(H2,16,17,18). The van der Waals surface area contributed by atoms with Crippen molar-refractivity contribution in [1.82, 2.24) is 15.5 Å². The van der Waals surface area contributed by atoms with Crippen LogP contribution in [0.5, 0.6) is 0 Å². The molecule has 0 saturated carbocycles. The summed E-state index contributed by atoms with van der Waals surface area (Å²) in [6.07, 6.45) is 9.25. The van der Waals surface area contributed by atoms with Crippen molar-refractivity contribution < 1.29 is 0 Å². The molecule has 0 aromatic rings. The molecule has 19 heavy (non-hydrogen) atoms. The first-order valence-corrected chi connectivity index (χ1v) is 7.31. The number of guanidine groups is 1. The van der Waals surface area contributed by atoms with E-state index < -0.39 is 0 Å². The van der Waals surface area contributed by atoms with Gasteiger partial charge in [-0.15, -0.1) is 6.42 Å². The van der Waals surface area contributed by atoms with E-state index in [1.807, 2.05) is 0 Å². The summed E-state index contributed by atoms with van der Waals surface area (Å²) in [5, 5.41) is 6.35. The Balaban J connectivity index is 2.55. The Labute approximate surface area is 118 Å². The second-order valence-electron chi connectivity index (χ2n) is 5.61.